The van der Waals surface area contributed by atoms with E-state index in [9.17, 15) is 18.0 Å². The van der Waals surface area contributed by atoms with Crippen LogP contribution in [0.5, 0.6) is 0 Å². The van der Waals surface area contributed by atoms with E-state index in [1.807, 2.05) is 0 Å². The van der Waals surface area contributed by atoms with Gasteiger partial charge in [-0.1, -0.05) is 0 Å². The third kappa shape index (κ3) is 2.80. The van der Waals surface area contributed by atoms with E-state index in [0.717, 1.165) is 6.20 Å². The van der Waals surface area contributed by atoms with Crippen LogP contribution in [0.2, 0.25) is 0 Å². The quantitative estimate of drug-likeness (QED) is 0.866. The van der Waals surface area contributed by atoms with Crippen molar-refractivity contribution in [2.75, 3.05) is 0 Å². The molecule has 0 aliphatic rings. The lowest BCUT2D eigenvalue weighted by Crippen LogP contribution is -2.07. The number of hydrogen-bond acceptors (Lipinski definition) is 2. The number of pyridine rings is 1. The fraction of sp³-hybridized carbons (Fsp3) is 0.250. The molecule has 0 spiro atoms. The largest absolute Gasteiger partial charge is 0.481 e. The second-order valence-electron chi connectivity index (χ2n) is 2.67. The summed E-state index contributed by atoms with van der Waals surface area (Å²) in [5.41, 5.74) is -0.862. The van der Waals surface area contributed by atoms with Crippen LogP contribution in [0.4, 0.5) is 13.2 Å². The van der Waals surface area contributed by atoms with E-state index in [4.69, 9.17) is 5.11 Å². The second-order valence-corrected chi connectivity index (χ2v) is 3.75. The number of carboxylic acids is 1. The molecule has 3 nitrogen and oxygen atoms in total. The van der Waals surface area contributed by atoms with Gasteiger partial charge in [0.1, 0.15) is 11.5 Å². The van der Waals surface area contributed by atoms with Gasteiger partial charge in [-0.05, 0) is 22.6 Å². The summed E-state index contributed by atoms with van der Waals surface area (Å²) in [6, 6.07) is 0. The lowest BCUT2D eigenvalue weighted by molar-refractivity contribution is -0.136. The summed E-state index contributed by atoms with van der Waals surface area (Å²) in [6.07, 6.45) is -2.61. The third-order valence-electron chi connectivity index (χ3n) is 1.61. The summed E-state index contributed by atoms with van der Waals surface area (Å²) in [5, 5.41) is 8.42. The van der Waals surface area contributed by atoms with Gasteiger partial charge < -0.3 is 5.11 Å². The van der Waals surface area contributed by atoms with E-state index in [-0.39, 0.29) is 9.13 Å². The lowest BCUT2D eigenvalue weighted by Gasteiger charge is -2.06. The number of alkyl halides is 2. The van der Waals surface area contributed by atoms with E-state index in [2.05, 4.69) is 4.98 Å². The Bertz CT molecular complexity index is 398. The molecule has 0 radical (unpaired) electrons. The van der Waals surface area contributed by atoms with Gasteiger partial charge >= 0.3 is 5.97 Å². The maximum atomic E-state index is 13.3. The maximum Gasteiger partial charge on any atom is 0.307 e. The number of rotatable bonds is 3. The number of carboxylic acid groups (broad SMARTS) is 1. The van der Waals surface area contributed by atoms with Crippen LogP contribution < -0.4 is 0 Å². The Morgan fingerprint density at radius 1 is 1.60 bits per heavy atom. The highest BCUT2D eigenvalue weighted by Gasteiger charge is 2.20. The van der Waals surface area contributed by atoms with Crippen LogP contribution in [0.15, 0.2) is 6.20 Å². The number of aromatic nitrogens is 1. The van der Waals surface area contributed by atoms with Gasteiger partial charge in [0.25, 0.3) is 6.43 Å². The van der Waals surface area contributed by atoms with Crippen molar-refractivity contribution in [2.24, 2.45) is 0 Å². The fourth-order valence-corrected chi connectivity index (χ4v) is 1.67. The normalized spacial score (nSPS) is 10.7. The SMILES string of the molecule is O=C(O)Cc1cnc(C(F)F)c(I)c1F. The van der Waals surface area contributed by atoms with Crippen molar-refractivity contribution in [3.8, 4) is 0 Å². The van der Waals surface area contributed by atoms with Crippen LogP contribution in [-0.2, 0) is 11.2 Å². The summed E-state index contributed by atoms with van der Waals surface area (Å²) < 4.78 is 37.5. The monoisotopic (exact) mass is 331 g/mol. The van der Waals surface area contributed by atoms with Gasteiger partial charge in [-0.2, -0.15) is 0 Å². The molecule has 0 unspecified atom stereocenters. The van der Waals surface area contributed by atoms with Crippen LogP contribution in [0, 0.1) is 9.39 Å². The van der Waals surface area contributed by atoms with E-state index in [1.165, 1.54) is 22.6 Å². The molecule has 7 heteroatoms. The number of carbonyl (C=O) groups is 1. The van der Waals surface area contributed by atoms with Crippen molar-refractivity contribution in [2.45, 2.75) is 12.8 Å². The van der Waals surface area contributed by atoms with E-state index >= 15 is 0 Å². The Hall–Kier alpha value is -0.860. The van der Waals surface area contributed by atoms with Gasteiger partial charge in [0, 0.05) is 11.8 Å². The smallest absolute Gasteiger partial charge is 0.307 e. The summed E-state index contributed by atoms with van der Waals surface area (Å²) in [6.45, 7) is 0. The Labute approximate surface area is 96.5 Å². The molecule has 0 bridgehead atoms. The highest BCUT2D eigenvalue weighted by atomic mass is 127. The zero-order chi connectivity index (χ0) is 11.6. The molecule has 0 saturated carbocycles. The molecular weight excluding hydrogens is 326 g/mol. The third-order valence-corrected chi connectivity index (χ3v) is 2.63. The zero-order valence-corrected chi connectivity index (χ0v) is 9.33. The molecule has 0 fully saturated rings. The summed E-state index contributed by atoms with van der Waals surface area (Å²) in [7, 11) is 0. The number of aliphatic carboxylic acids is 1. The minimum absolute atomic E-state index is 0.198. The molecule has 15 heavy (non-hydrogen) atoms. The first-order chi connectivity index (χ1) is 6.93. The molecule has 82 valence electrons. The van der Waals surface area contributed by atoms with Crippen LogP contribution in [-0.4, -0.2) is 16.1 Å². The molecular formula is C8H5F3INO2. The van der Waals surface area contributed by atoms with E-state index in [1.54, 1.807) is 0 Å². The van der Waals surface area contributed by atoms with Crippen LogP contribution >= 0.6 is 22.6 Å². The lowest BCUT2D eigenvalue weighted by atomic mass is 10.2. The van der Waals surface area contributed by atoms with Gasteiger partial charge in [0.2, 0.25) is 0 Å². The van der Waals surface area contributed by atoms with Gasteiger partial charge in [0.15, 0.2) is 0 Å². The zero-order valence-electron chi connectivity index (χ0n) is 7.18. The van der Waals surface area contributed by atoms with Crippen molar-refractivity contribution in [1.29, 1.82) is 0 Å². The molecule has 1 heterocycles. The molecule has 0 amide bonds. The van der Waals surface area contributed by atoms with Crippen molar-refractivity contribution < 1.29 is 23.1 Å². The summed E-state index contributed by atoms with van der Waals surface area (Å²) >= 11 is 1.38. The molecule has 1 rings (SSSR count). The van der Waals surface area contributed by atoms with Crippen molar-refractivity contribution in [1.82, 2.24) is 4.98 Å². The number of nitrogens with zero attached hydrogens (tertiary/aromatic N) is 1. The standard InChI is InChI=1S/C8H5F3INO2/c9-5-3(1-4(14)15)2-13-7(6(5)12)8(10)11/h2,8H,1H2,(H,14,15). The summed E-state index contributed by atoms with van der Waals surface area (Å²) in [4.78, 5) is 13.6. The van der Waals surface area contributed by atoms with Crippen LogP contribution in [0.25, 0.3) is 0 Å². The Kier molecular flexibility index (Phi) is 3.89. The Balaban J connectivity index is 3.15. The van der Waals surface area contributed by atoms with Crippen molar-refractivity contribution in [3.63, 3.8) is 0 Å². The minimum Gasteiger partial charge on any atom is -0.481 e. The topological polar surface area (TPSA) is 50.2 Å². The first-order valence-electron chi connectivity index (χ1n) is 3.76. The van der Waals surface area contributed by atoms with Gasteiger partial charge in [-0.25, -0.2) is 13.2 Å². The van der Waals surface area contributed by atoms with Crippen molar-refractivity contribution >= 4 is 28.6 Å². The highest BCUT2D eigenvalue weighted by Crippen LogP contribution is 2.25. The molecule has 0 saturated heterocycles. The highest BCUT2D eigenvalue weighted by molar-refractivity contribution is 14.1. The molecule has 0 aliphatic heterocycles. The maximum absolute atomic E-state index is 13.3. The van der Waals surface area contributed by atoms with Gasteiger partial charge in [-0.3, -0.25) is 9.78 Å². The molecule has 1 aromatic heterocycles. The predicted molar refractivity (Wildman–Crippen MR) is 53.2 cm³/mol. The van der Waals surface area contributed by atoms with Crippen LogP contribution in [0.3, 0.4) is 0 Å². The van der Waals surface area contributed by atoms with E-state index < -0.39 is 30.3 Å². The second kappa shape index (κ2) is 4.77. The molecule has 1 N–H and O–H groups in total. The number of hydrogen-bond donors (Lipinski definition) is 1. The average Bonchev–Trinajstić information content (AvgIpc) is 2.12. The van der Waals surface area contributed by atoms with Crippen molar-refractivity contribution in [3.05, 3.63) is 26.8 Å². The molecule has 1 aromatic rings. The number of halogens is 4. The first kappa shape index (κ1) is 12.2. The Morgan fingerprint density at radius 3 is 2.67 bits per heavy atom. The average molecular weight is 331 g/mol. The Morgan fingerprint density at radius 2 is 2.20 bits per heavy atom. The van der Waals surface area contributed by atoms with E-state index in [0.29, 0.717) is 0 Å². The van der Waals surface area contributed by atoms with Crippen LogP contribution in [0.1, 0.15) is 17.7 Å². The molecule has 0 aromatic carbocycles. The predicted octanol–water partition coefficient (Wildman–Crippen LogP) is 2.39. The minimum atomic E-state index is -2.87. The van der Waals surface area contributed by atoms with Gasteiger partial charge in [0.05, 0.1) is 9.99 Å². The molecule has 0 aliphatic carbocycles. The molecule has 0 atom stereocenters. The summed E-state index contributed by atoms with van der Waals surface area (Å²) in [5.74, 6) is -2.18. The van der Waals surface area contributed by atoms with Gasteiger partial charge in [-0.15, -0.1) is 0 Å². The first-order valence-corrected chi connectivity index (χ1v) is 4.84. The fourth-order valence-electron chi connectivity index (χ4n) is 0.953.